The van der Waals surface area contributed by atoms with Crippen LogP contribution in [-0.2, 0) is 13.1 Å². The van der Waals surface area contributed by atoms with Crippen LogP contribution in [0.25, 0.3) is 0 Å². The Labute approximate surface area is 116 Å². The van der Waals surface area contributed by atoms with Gasteiger partial charge < -0.3 is 5.32 Å². The van der Waals surface area contributed by atoms with E-state index in [-0.39, 0.29) is 0 Å². The second kappa shape index (κ2) is 6.00. The zero-order chi connectivity index (χ0) is 13.0. The van der Waals surface area contributed by atoms with E-state index >= 15 is 0 Å². The molecule has 0 fully saturated rings. The summed E-state index contributed by atoms with van der Waals surface area (Å²) in [6.45, 7) is 5.92. The molecule has 0 aliphatic heterocycles. The van der Waals surface area contributed by atoms with Crippen molar-refractivity contribution in [3.05, 3.63) is 40.4 Å². The van der Waals surface area contributed by atoms with Crippen LogP contribution in [0.3, 0.4) is 0 Å². The van der Waals surface area contributed by atoms with Crippen LogP contribution in [-0.4, -0.2) is 14.8 Å². The summed E-state index contributed by atoms with van der Waals surface area (Å²) in [4.78, 5) is 4.26. The van der Waals surface area contributed by atoms with Crippen molar-refractivity contribution in [3.63, 3.8) is 0 Å². The van der Waals surface area contributed by atoms with Gasteiger partial charge in [-0.05, 0) is 40.9 Å². The van der Waals surface area contributed by atoms with Crippen molar-refractivity contribution in [1.82, 2.24) is 14.8 Å². The van der Waals surface area contributed by atoms with Crippen LogP contribution >= 0.6 is 15.9 Å². The third-order valence-electron chi connectivity index (χ3n) is 2.65. The highest BCUT2D eigenvalue weighted by Crippen LogP contribution is 2.17. The molecule has 5 heteroatoms. The number of pyridine rings is 1. The van der Waals surface area contributed by atoms with E-state index in [1.807, 2.05) is 24.0 Å². The Balaban J connectivity index is 1.95. The zero-order valence-corrected chi connectivity index (χ0v) is 12.2. The molecule has 96 valence electrons. The number of anilines is 1. The second-order valence-corrected chi connectivity index (χ2v) is 5.05. The molecule has 0 atom stereocenters. The van der Waals surface area contributed by atoms with Crippen molar-refractivity contribution in [2.75, 3.05) is 5.32 Å². The summed E-state index contributed by atoms with van der Waals surface area (Å²) in [5, 5.41) is 7.65. The third kappa shape index (κ3) is 3.32. The number of aromatic nitrogens is 3. The molecule has 0 aliphatic carbocycles. The lowest BCUT2D eigenvalue weighted by Gasteiger charge is -2.06. The normalized spacial score (nSPS) is 10.6. The lowest BCUT2D eigenvalue weighted by Crippen LogP contribution is -2.00. The fraction of sp³-hybridized carbons (Fsp3) is 0.385. The summed E-state index contributed by atoms with van der Waals surface area (Å²) in [5.74, 6) is 0. The first-order chi connectivity index (χ1) is 8.69. The highest BCUT2D eigenvalue weighted by atomic mass is 79.9. The van der Waals surface area contributed by atoms with Gasteiger partial charge in [-0.2, -0.15) is 5.10 Å². The first-order valence-corrected chi connectivity index (χ1v) is 6.85. The second-order valence-electron chi connectivity index (χ2n) is 4.30. The Morgan fingerprint density at radius 2 is 2.22 bits per heavy atom. The molecule has 0 unspecified atom stereocenters. The van der Waals surface area contributed by atoms with Gasteiger partial charge in [-0.1, -0.05) is 6.92 Å². The number of halogens is 1. The monoisotopic (exact) mass is 308 g/mol. The number of hydrogen-bond acceptors (Lipinski definition) is 3. The Morgan fingerprint density at radius 1 is 1.39 bits per heavy atom. The molecular weight excluding hydrogens is 292 g/mol. The average Bonchev–Trinajstić information content (AvgIpc) is 2.79. The number of nitrogens with one attached hydrogen (secondary N) is 1. The molecule has 0 spiro atoms. The molecule has 0 amide bonds. The molecule has 2 aromatic heterocycles. The van der Waals surface area contributed by atoms with Crippen molar-refractivity contribution < 1.29 is 0 Å². The van der Waals surface area contributed by atoms with E-state index in [9.17, 15) is 0 Å². The lowest BCUT2D eigenvalue weighted by atomic mass is 10.3. The minimum Gasteiger partial charge on any atom is -0.380 e. The van der Waals surface area contributed by atoms with Crippen LogP contribution in [0.2, 0.25) is 0 Å². The van der Waals surface area contributed by atoms with Crippen LogP contribution in [0.15, 0.2) is 29.3 Å². The summed E-state index contributed by atoms with van der Waals surface area (Å²) < 4.78 is 2.87. The Morgan fingerprint density at radius 3 is 2.94 bits per heavy atom. The number of rotatable bonds is 5. The van der Waals surface area contributed by atoms with E-state index in [1.165, 1.54) is 5.56 Å². The van der Waals surface area contributed by atoms with Crippen LogP contribution in [0.4, 0.5) is 5.69 Å². The van der Waals surface area contributed by atoms with Crippen molar-refractivity contribution in [2.24, 2.45) is 0 Å². The van der Waals surface area contributed by atoms with E-state index < -0.39 is 0 Å². The van der Waals surface area contributed by atoms with Crippen LogP contribution in [0.5, 0.6) is 0 Å². The van der Waals surface area contributed by atoms with Crippen molar-refractivity contribution in [2.45, 2.75) is 33.4 Å². The fourth-order valence-corrected chi connectivity index (χ4v) is 1.92. The van der Waals surface area contributed by atoms with Crippen LogP contribution in [0.1, 0.15) is 24.5 Å². The molecule has 0 aliphatic rings. The minimum atomic E-state index is 0.770. The van der Waals surface area contributed by atoms with Crippen LogP contribution < -0.4 is 5.32 Å². The fourth-order valence-electron chi connectivity index (χ4n) is 1.71. The van der Waals surface area contributed by atoms with Gasteiger partial charge >= 0.3 is 0 Å². The standard InChI is InChI=1S/C13H17BrN4/c1-3-4-18-9-11(7-17-18)6-15-12-5-10(2)13(14)16-8-12/h5,7-9,15H,3-4,6H2,1-2H3. The van der Waals surface area contributed by atoms with E-state index in [1.54, 1.807) is 0 Å². The average molecular weight is 309 g/mol. The maximum atomic E-state index is 4.30. The molecule has 0 saturated heterocycles. The van der Waals surface area contributed by atoms with E-state index in [2.05, 4.69) is 50.5 Å². The Hall–Kier alpha value is -1.36. The topological polar surface area (TPSA) is 42.7 Å². The highest BCUT2D eigenvalue weighted by Gasteiger charge is 2.00. The summed E-state index contributed by atoms with van der Waals surface area (Å²) in [7, 11) is 0. The number of aryl methyl sites for hydroxylation is 2. The van der Waals surface area contributed by atoms with E-state index in [0.717, 1.165) is 35.4 Å². The molecule has 2 aromatic rings. The van der Waals surface area contributed by atoms with Gasteiger partial charge in [0.1, 0.15) is 4.60 Å². The molecule has 2 heterocycles. The molecule has 2 rings (SSSR count). The molecular formula is C13H17BrN4. The third-order valence-corrected chi connectivity index (χ3v) is 3.48. The molecule has 0 saturated carbocycles. The van der Waals surface area contributed by atoms with Gasteiger partial charge in [-0.15, -0.1) is 0 Å². The molecule has 18 heavy (non-hydrogen) atoms. The maximum Gasteiger partial charge on any atom is 0.109 e. The maximum absolute atomic E-state index is 4.30. The van der Waals surface area contributed by atoms with E-state index in [0.29, 0.717) is 0 Å². The quantitative estimate of drug-likeness (QED) is 0.861. The van der Waals surface area contributed by atoms with Crippen molar-refractivity contribution in [1.29, 1.82) is 0 Å². The minimum absolute atomic E-state index is 0.770. The van der Waals surface area contributed by atoms with Crippen LogP contribution in [0, 0.1) is 6.92 Å². The zero-order valence-electron chi connectivity index (χ0n) is 10.7. The van der Waals surface area contributed by atoms with Crippen molar-refractivity contribution >= 4 is 21.6 Å². The Kier molecular flexibility index (Phi) is 4.36. The molecule has 0 aromatic carbocycles. The predicted octanol–water partition coefficient (Wildman–Crippen LogP) is 3.37. The van der Waals surface area contributed by atoms with Gasteiger partial charge in [-0.25, -0.2) is 4.98 Å². The first kappa shape index (κ1) is 13.1. The molecule has 1 N–H and O–H groups in total. The predicted molar refractivity (Wildman–Crippen MR) is 76.5 cm³/mol. The van der Waals surface area contributed by atoms with Gasteiger partial charge in [0, 0.05) is 24.8 Å². The largest absolute Gasteiger partial charge is 0.380 e. The number of hydrogen-bond donors (Lipinski definition) is 1. The molecule has 0 radical (unpaired) electrons. The van der Waals surface area contributed by atoms with Gasteiger partial charge in [0.05, 0.1) is 18.1 Å². The number of nitrogens with zero attached hydrogens (tertiary/aromatic N) is 3. The lowest BCUT2D eigenvalue weighted by molar-refractivity contribution is 0.602. The van der Waals surface area contributed by atoms with Gasteiger partial charge in [-0.3, -0.25) is 4.68 Å². The first-order valence-electron chi connectivity index (χ1n) is 6.06. The van der Waals surface area contributed by atoms with Gasteiger partial charge in [0.25, 0.3) is 0 Å². The molecule has 0 bridgehead atoms. The highest BCUT2D eigenvalue weighted by molar-refractivity contribution is 9.10. The molecule has 4 nitrogen and oxygen atoms in total. The Bertz CT molecular complexity index is 521. The van der Waals surface area contributed by atoms with E-state index in [4.69, 9.17) is 0 Å². The van der Waals surface area contributed by atoms with Gasteiger partial charge in [0.15, 0.2) is 0 Å². The summed E-state index contributed by atoms with van der Waals surface area (Å²) in [6, 6.07) is 2.08. The smallest absolute Gasteiger partial charge is 0.109 e. The van der Waals surface area contributed by atoms with Gasteiger partial charge in [0.2, 0.25) is 0 Å². The summed E-state index contributed by atoms with van der Waals surface area (Å²) >= 11 is 3.39. The SMILES string of the molecule is CCCn1cc(CNc2cnc(Br)c(C)c2)cn1. The van der Waals surface area contributed by atoms with Crippen molar-refractivity contribution in [3.8, 4) is 0 Å². The summed E-state index contributed by atoms with van der Waals surface area (Å²) in [5.41, 5.74) is 3.34. The summed E-state index contributed by atoms with van der Waals surface area (Å²) in [6.07, 6.45) is 6.91.